The number of sulfonamides is 1. The maximum atomic E-state index is 11.2. The Labute approximate surface area is 72.8 Å². The molecule has 5 heteroatoms. The highest BCUT2D eigenvalue weighted by atomic mass is 32.2. The Morgan fingerprint density at radius 2 is 2.08 bits per heavy atom. The average Bonchev–Trinajstić information content (AvgIpc) is 1.98. The van der Waals surface area contributed by atoms with E-state index in [9.17, 15) is 8.42 Å². The predicted octanol–water partition coefficient (Wildman–Crippen LogP) is 0.182. The van der Waals surface area contributed by atoms with E-state index in [-0.39, 0.29) is 5.75 Å². The first-order valence-corrected chi connectivity index (χ1v) is 5.43. The largest absolute Gasteiger partial charge is 0.213 e. The van der Waals surface area contributed by atoms with Crippen molar-refractivity contribution in [2.24, 2.45) is 5.41 Å². The minimum atomic E-state index is -3.06. The van der Waals surface area contributed by atoms with Crippen LogP contribution in [-0.2, 0) is 10.0 Å². The Kier molecular flexibility index (Phi) is 2.15. The molecular formula is C7H12N2O2S. The quantitative estimate of drug-likeness (QED) is 0.621. The maximum absolute atomic E-state index is 11.2. The summed E-state index contributed by atoms with van der Waals surface area (Å²) in [4.78, 5) is 0. The van der Waals surface area contributed by atoms with Gasteiger partial charge in [0.1, 0.15) is 0 Å². The normalized spacial score (nSPS) is 22.8. The van der Waals surface area contributed by atoms with Gasteiger partial charge in [-0.15, -0.1) is 0 Å². The molecule has 0 saturated carbocycles. The van der Waals surface area contributed by atoms with Crippen LogP contribution in [0.25, 0.3) is 0 Å². The summed E-state index contributed by atoms with van der Waals surface area (Å²) in [5, 5.41) is 8.63. The standard InChI is InChI=1S/C7H12N2O2S/c1-3-12(10,11)9-5-7(2,4-8)6-9/h3,5-6H2,1-2H3. The molecule has 68 valence electrons. The van der Waals surface area contributed by atoms with Crippen LogP contribution in [0.2, 0.25) is 0 Å². The van der Waals surface area contributed by atoms with Crippen molar-refractivity contribution in [1.82, 2.24) is 4.31 Å². The van der Waals surface area contributed by atoms with Crippen LogP contribution in [0.15, 0.2) is 0 Å². The van der Waals surface area contributed by atoms with Crippen LogP contribution in [0.1, 0.15) is 13.8 Å². The molecule has 0 unspecified atom stereocenters. The second-order valence-electron chi connectivity index (χ2n) is 3.34. The summed E-state index contributed by atoms with van der Waals surface area (Å²) < 4.78 is 23.8. The van der Waals surface area contributed by atoms with Gasteiger partial charge in [0.2, 0.25) is 10.0 Å². The van der Waals surface area contributed by atoms with Gasteiger partial charge in [-0.2, -0.15) is 9.57 Å². The van der Waals surface area contributed by atoms with Crippen molar-refractivity contribution in [3.8, 4) is 6.07 Å². The summed E-state index contributed by atoms with van der Waals surface area (Å²) >= 11 is 0. The molecule has 0 atom stereocenters. The first kappa shape index (κ1) is 9.49. The minimum Gasteiger partial charge on any atom is -0.212 e. The van der Waals surface area contributed by atoms with E-state index in [4.69, 9.17) is 5.26 Å². The molecular weight excluding hydrogens is 176 g/mol. The topological polar surface area (TPSA) is 61.2 Å². The fourth-order valence-corrected chi connectivity index (χ4v) is 2.51. The third-order valence-electron chi connectivity index (χ3n) is 2.08. The second-order valence-corrected chi connectivity index (χ2v) is 5.60. The Morgan fingerprint density at radius 3 is 2.42 bits per heavy atom. The molecule has 0 aliphatic carbocycles. The van der Waals surface area contributed by atoms with E-state index in [1.165, 1.54) is 4.31 Å². The van der Waals surface area contributed by atoms with E-state index < -0.39 is 15.4 Å². The lowest BCUT2D eigenvalue weighted by atomic mass is 9.86. The van der Waals surface area contributed by atoms with Crippen LogP contribution in [0.5, 0.6) is 0 Å². The van der Waals surface area contributed by atoms with Crippen molar-refractivity contribution < 1.29 is 8.42 Å². The molecule has 1 rings (SSSR count). The molecule has 1 saturated heterocycles. The Morgan fingerprint density at radius 1 is 1.58 bits per heavy atom. The number of nitrogens with zero attached hydrogens (tertiary/aromatic N) is 2. The molecule has 0 aromatic carbocycles. The lowest BCUT2D eigenvalue weighted by Gasteiger charge is -2.41. The summed E-state index contributed by atoms with van der Waals surface area (Å²) in [5.41, 5.74) is -0.456. The fourth-order valence-electron chi connectivity index (χ4n) is 1.18. The van der Waals surface area contributed by atoms with Crippen molar-refractivity contribution in [2.75, 3.05) is 18.8 Å². The number of hydrogen-bond donors (Lipinski definition) is 0. The summed E-state index contributed by atoms with van der Waals surface area (Å²) in [6.07, 6.45) is 0. The molecule has 12 heavy (non-hydrogen) atoms. The number of nitriles is 1. The smallest absolute Gasteiger partial charge is 0.212 e. The van der Waals surface area contributed by atoms with E-state index in [1.54, 1.807) is 13.8 Å². The van der Waals surface area contributed by atoms with Gasteiger partial charge in [0.25, 0.3) is 0 Å². The van der Waals surface area contributed by atoms with Gasteiger partial charge in [0.15, 0.2) is 0 Å². The highest BCUT2D eigenvalue weighted by Gasteiger charge is 2.44. The van der Waals surface area contributed by atoms with Crippen LogP contribution in [0.3, 0.4) is 0 Å². The first-order chi connectivity index (χ1) is 5.43. The van der Waals surface area contributed by atoms with Gasteiger partial charge in [0, 0.05) is 13.1 Å². The molecule has 0 bridgehead atoms. The van der Waals surface area contributed by atoms with E-state index in [0.717, 1.165) is 0 Å². The zero-order valence-corrected chi connectivity index (χ0v) is 8.06. The Balaban J connectivity index is 2.63. The van der Waals surface area contributed by atoms with Crippen LogP contribution < -0.4 is 0 Å². The van der Waals surface area contributed by atoms with E-state index in [1.807, 2.05) is 0 Å². The Hall–Kier alpha value is -0.600. The summed E-state index contributed by atoms with van der Waals surface area (Å²) in [6.45, 7) is 4.07. The maximum Gasteiger partial charge on any atom is 0.213 e. The molecule has 1 aliphatic heterocycles. The van der Waals surface area contributed by atoms with Crippen LogP contribution in [0.4, 0.5) is 0 Å². The molecule has 0 aromatic rings. The van der Waals surface area contributed by atoms with Crippen molar-refractivity contribution >= 4 is 10.0 Å². The van der Waals surface area contributed by atoms with Gasteiger partial charge in [-0.3, -0.25) is 0 Å². The zero-order valence-electron chi connectivity index (χ0n) is 7.24. The molecule has 1 heterocycles. The van der Waals surface area contributed by atoms with E-state index in [0.29, 0.717) is 13.1 Å². The zero-order chi connectivity index (χ0) is 9.41. The first-order valence-electron chi connectivity index (χ1n) is 3.82. The van der Waals surface area contributed by atoms with Gasteiger partial charge < -0.3 is 0 Å². The van der Waals surface area contributed by atoms with Gasteiger partial charge in [-0.25, -0.2) is 8.42 Å². The van der Waals surface area contributed by atoms with Crippen LogP contribution in [0, 0.1) is 16.7 Å². The third-order valence-corrected chi connectivity index (χ3v) is 3.85. The van der Waals surface area contributed by atoms with Crippen molar-refractivity contribution in [1.29, 1.82) is 5.26 Å². The van der Waals surface area contributed by atoms with Crippen molar-refractivity contribution in [2.45, 2.75) is 13.8 Å². The SMILES string of the molecule is CCS(=O)(=O)N1CC(C)(C#N)C1. The fraction of sp³-hybridized carbons (Fsp3) is 0.857. The van der Waals surface area contributed by atoms with Crippen molar-refractivity contribution in [3.63, 3.8) is 0 Å². The third kappa shape index (κ3) is 1.45. The molecule has 0 amide bonds. The molecule has 1 fully saturated rings. The molecule has 0 N–H and O–H groups in total. The average molecular weight is 188 g/mol. The van der Waals surface area contributed by atoms with Gasteiger partial charge >= 0.3 is 0 Å². The molecule has 0 aromatic heterocycles. The van der Waals surface area contributed by atoms with Crippen LogP contribution >= 0.6 is 0 Å². The van der Waals surface area contributed by atoms with E-state index in [2.05, 4.69) is 6.07 Å². The molecule has 0 spiro atoms. The van der Waals surface area contributed by atoms with Crippen molar-refractivity contribution in [3.05, 3.63) is 0 Å². The lowest BCUT2D eigenvalue weighted by Crippen LogP contribution is -2.56. The highest BCUT2D eigenvalue weighted by molar-refractivity contribution is 7.89. The molecule has 0 radical (unpaired) electrons. The Bertz CT molecular complexity index is 309. The minimum absolute atomic E-state index is 0.120. The van der Waals surface area contributed by atoms with Gasteiger partial charge in [-0.1, -0.05) is 0 Å². The summed E-state index contributed by atoms with van der Waals surface area (Å²) in [6, 6.07) is 2.10. The van der Waals surface area contributed by atoms with Crippen LogP contribution in [-0.4, -0.2) is 31.6 Å². The highest BCUT2D eigenvalue weighted by Crippen LogP contribution is 2.30. The van der Waals surface area contributed by atoms with E-state index >= 15 is 0 Å². The lowest BCUT2D eigenvalue weighted by molar-refractivity contribution is 0.150. The number of hydrogen-bond acceptors (Lipinski definition) is 3. The molecule has 1 aliphatic rings. The second kappa shape index (κ2) is 2.71. The summed E-state index contributed by atoms with van der Waals surface area (Å²) in [7, 11) is -3.06. The van der Waals surface area contributed by atoms with Gasteiger partial charge in [0.05, 0.1) is 17.2 Å². The predicted molar refractivity (Wildman–Crippen MR) is 44.8 cm³/mol. The monoisotopic (exact) mass is 188 g/mol. The number of rotatable bonds is 2. The van der Waals surface area contributed by atoms with Gasteiger partial charge in [-0.05, 0) is 13.8 Å². The molecule has 4 nitrogen and oxygen atoms in total. The summed E-state index contributed by atoms with van der Waals surface area (Å²) in [5.74, 6) is 0.120.